The molecule has 4 N–H and O–H groups in total. The van der Waals surface area contributed by atoms with Crippen LogP contribution in [0.15, 0.2) is 42.2 Å². The molecule has 0 saturated carbocycles. The number of likely N-dealkylation sites (tertiary alicyclic amines) is 1. The van der Waals surface area contributed by atoms with Crippen LogP contribution in [0.2, 0.25) is 0 Å². The van der Waals surface area contributed by atoms with Gasteiger partial charge >= 0.3 is 6.03 Å². The van der Waals surface area contributed by atoms with Crippen LogP contribution in [0, 0.1) is 11.8 Å². The molecule has 2 amide bonds. The van der Waals surface area contributed by atoms with Gasteiger partial charge in [-0.05, 0) is 25.0 Å². The Morgan fingerprint density at radius 2 is 2.23 bits per heavy atom. The highest BCUT2D eigenvalue weighted by molar-refractivity contribution is 5.89. The zero-order valence-corrected chi connectivity index (χ0v) is 15.0. The molecule has 1 aromatic rings. The predicted molar refractivity (Wildman–Crippen MR) is 99.1 cm³/mol. The number of hydrogen-bond donors (Lipinski definition) is 3. The first-order valence-electron chi connectivity index (χ1n) is 8.95. The van der Waals surface area contributed by atoms with Gasteiger partial charge in [-0.15, -0.1) is 0 Å². The minimum absolute atomic E-state index is 0.174. The Kier molecular flexibility index (Phi) is 6.19. The lowest BCUT2D eigenvalue weighted by Gasteiger charge is -2.38. The van der Waals surface area contributed by atoms with Gasteiger partial charge < -0.3 is 15.8 Å². The van der Waals surface area contributed by atoms with Crippen LogP contribution in [0.3, 0.4) is 0 Å². The Morgan fingerprint density at radius 3 is 2.96 bits per heavy atom. The number of amides is 2. The fourth-order valence-electron chi connectivity index (χ4n) is 3.07. The van der Waals surface area contributed by atoms with Crippen LogP contribution in [-0.2, 0) is 4.74 Å². The molecule has 1 aliphatic carbocycles. The second kappa shape index (κ2) is 8.77. The third kappa shape index (κ3) is 4.80. The number of carbonyl (C=O) groups is 1. The molecule has 8 heteroatoms. The van der Waals surface area contributed by atoms with Crippen molar-refractivity contribution in [2.24, 2.45) is 17.6 Å². The van der Waals surface area contributed by atoms with Crippen LogP contribution in [-0.4, -0.2) is 53.7 Å². The van der Waals surface area contributed by atoms with Crippen molar-refractivity contribution in [2.75, 3.05) is 38.1 Å². The molecule has 8 nitrogen and oxygen atoms in total. The van der Waals surface area contributed by atoms with Crippen molar-refractivity contribution in [1.29, 1.82) is 0 Å². The summed E-state index contributed by atoms with van der Waals surface area (Å²) in [4.78, 5) is 22.5. The van der Waals surface area contributed by atoms with E-state index in [1.807, 2.05) is 6.08 Å². The van der Waals surface area contributed by atoms with E-state index in [2.05, 4.69) is 38.5 Å². The van der Waals surface area contributed by atoms with Gasteiger partial charge in [0.05, 0.1) is 11.9 Å². The summed E-state index contributed by atoms with van der Waals surface area (Å²) >= 11 is 0. The summed E-state index contributed by atoms with van der Waals surface area (Å²) in [5.41, 5.74) is 6.44. The largest absolute Gasteiger partial charge is 0.490 e. The van der Waals surface area contributed by atoms with Gasteiger partial charge in [0, 0.05) is 37.9 Å². The lowest BCUT2D eigenvalue weighted by molar-refractivity contribution is 0.0728. The molecule has 3 rings (SSSR count). The molecule has 1 unspecified atom stereocenters. The van der Waals surface area contributed by atoms with Gasteiger partial charge in [0.1, 0.15) is 12.4 Å². The molecule has 0 spiro atoms. The van der Waals surface area contributed by atoms with Crippen LogP contribution in [0.4, 0.5) is 10.6 Å². The minimum Gasteiger partial charge on any atom is -0.490 e. The number of carbonyl (C=O) groups excluding carboxylic acids is 1. The molecule has 0 bridgehead atoms. The first kappa shape index (κ1) is 18.3. The van der Waals surface area contributed by atoms with Gasteiger partial charge in [0.2, 0.25) is 0 Å². The van der Waals surface area contributed by atoms with Crippen molar-refractivity contribution in [2.45, 2.75) is 13.3 Å². The number of nitrogens with zero attached hydrogens (tertiary/aromatic N) is 3. The van der Waals surface area contributed by atoms with Crippen LogP contribution in [0.5, 0.6) is 0 Å². The average molecular weight is 358 g/mol. The average Bonchev–Trinajstić information content (AvgIpc) is 2.60. The SMILES string of the molecule is CC1CC=CC(OCCN2CC(CN)C2)=C1NC(=O)Nc1cnccn1. The van der Waals surface area contributed by atoms with Crippen molar-refractivity contribution >= 4 is 11.8 Å². The highest BCUT2D eigenvalue weighted by Crippen LogP contribution is 2.24. The highest BCUT2D eigenvalue weighted by Gasteiger charge is 2.25. The lowest BCUT2D eigenvalue weighted by atomic mass is 9.98. The molecule has 26 heavy (non-hydrogen) atoms. The van der Waals surface area contributed by atoms with E-state index in [4.69, 9.17) is 10.5 Å². The number of nitrogens with one attached hydrogen (secondary N) is 2. The predicted octanol–water partition coefficient (Wildman–Crippen LogP) is 1.31. The van der Waals surface area contributed by atoms with Gasteiger partial charge in [0.15, 0.2) is 5.82 Å². The molecule has 1 atom stereocenters. The molecule has 1 saturated heterocycles. The van der Waals surface area contributed by atoms with E-state index in [1.165, 1.54) is 12.4 Å². The third-order valence-corrected chi connectivity index (χ3v) is 4.60. The quantitative estimate of drug-likeness (QED) is 0.679. The standard InChI is InChI=1S/C18H26N6O2/c1-13-3-2-4-15(26-8-7-24-11-14(9-19)12-24)17(13)23-18(25)22-16-10-20-5-6-21-16/h2,4-6,10,13-14H,3,7-9,11-12,19H2,1H3,(H2,21,22,23,25). The lowest BCUT2D eigenvalue weighted by Crippen LogP contribution is -2.50. The summed E-state index contributed by atoms with van der Waals surface area (Å²) in [7, 11) is 0. The minimum atomic E-state index is -0.350. The Bertz CT molecular complexity index is 670. The van der Waals surface area contributed by atoms with E-state index < -0.39 is 0 Å². The maximum Gasteiger partial charge on any atom is 0.324 e. The van der Waals surface area contributed by atoms with Crippen molar-refractivity contribution in [1.82, 2.24) is 20.2 Å². The summed E-state index contributed by atoms with van der Waals surface area (Å²) in [6, 6.07) is -0.350. The fraction of sp³-hybridized carbons (Fsp3) is 0.500. The van der Waals surface area contributed by atoms with E-state index >= 15 is 0 Å². The molecule has 1 aromatic heterocycles. The molecular formula is C18H26N6O2. The first-order chi connectivity index (χ1) is 12.7. The van der Waals surface area contributed by atoms with Gasteiger partial charge in [-0.2, -0.15) is 0 Å². The monoisotopic (exact) mass is 358 g/mol. The Labute approximate surface area is 153 Å². The molecule has 2 heterocycles. The Hall–Kier alpha value is -2.45. The van der Waals surface area contributed by atoms with Crippen molar-refractivity contribution in [3.05, 3.63) is 42.2 Å². The van der Waals surface area contributed by atoms with Crippen LogP contribution < -0.4 is 16.4 Å². The number of urea groups is 1. The first-order valence-corrected chi connectivity index (χ1v) is 8.95. The van der Waals surface area contributed by atoms with Gasteiger partial charge in [-0.1, -0.05) is 13.0 Å². The molecule has 1 fully saturated rings. The summed E-state index contributed by atoms with van der Waals surface area (Å²) in [6.07, 6.45) is 9.44. The summed E-state index contributed by atoms with van der Waals surface area (Å²) < 4.78 is 5.94. The van der Waals surface area contributed by atoms with Crippen molar-refractivity contribution < 1.29 is 9.53 Å². The fourth-order valence-corrected chi connectivity index (χ4v) is 3.07. The number of aromatic nitrogens is 2. The van der Waals surface area contributed by atoms with Crippen LogP contribution in [0.1, 0.15) is 13.3 Å². The van der Waals surface area contributed by atoms with Gasteiger partial charge in [-0.3, -0.25) is 15.2 Å². The third-order valence-electron chi connectivity index (χ3n) is 4.60. The van der Waals surface area contributed by atoms with E-state index in [1.54, 1.807) is 6.20 Å². The number of hydrogen-bond acceptors (Lipinski definition) is 6. The van der Waals surface area contributed by atoms with E-state index in [0.717, 1.165) is 38.3 Å². The Morgan fingerprint density at radius 1 is 1.38 bits per heavy atom. The summed E-state index contributed by atoms with van der Waals surface area (Å²) in [6.45, 7) is 6.33. The normalized spacial score (nSPS) is 20.6. The topological polar surface area (TPSA) is 105 Å². The van der Waals surface area contributed by atoms with E-state index in [-0.39, 0.29) is 11.9 Å². The van der Waals surface area contributed by atoms with Crippen molar-refractivity contribution in [3.8, 4) is 0 Å². The highest BCUT2D eigenvalue weighted by atomic mass is 16.5. The Balaban J connectivity index is 1.54. The zero-order valence-electron chi connectivity index (χ0n) is 15.0. The second-order valence-electron chi connectivity index (χ2n) is 6.70. The van der Waals surface area contributed by atoms with Gasteiger partial charge in [0.25, 0.3) is 0 Å². The molecule has 0 radical (unpaired) electrons. The number of nitrogens with two attached hydrogens (primary N) is 1. The van der Waals surface area contributed by atoms with E-state index in [9.17, 15) is 4.79 Å². The van der Waals surface area contributed by atoms with Crippen molar-refractivity contribution in [3.63, 3.8) is 0 Å². The maximum atomic E-state index is 12.3. The molecule has 140 valence electrons. The van der Waals surface area contributed by atoms with E-state index in [0.29, 0.717) is 24.1 Å². The smallest absolute Gasteiger partial charge is 0.324 e. The molecule has 1 aliphatic heterocycles. The van der Waals surface area contributed by atoms with Crippen LogP contribution >= 0.6 is 0 Å². The molecule has 2 aliphatic rings. The number of allylic oxidation sites excluding steroid dienone is 3. The molecular weight excluding hydrogens is 332 g/mol. The number of anilines is 1. The summed E-state index contributed by atoms with van der Waals surface area (Å²) in [5.74, 6) is 1.91. The second-order valence-corrected chi connectivity index (χ2v) is 6.70. The zero-order chi connectivity index (χ0) is 18.4. The number of rotatable bonds is 7. The van der Waals surface area contributed by atoms with Crippen LogP contribution in [0.25, 0.3) is 0 Å². The summed E-state index contributed by atoms with van der Waals surface area (Å²) in [5, 5.41) is 5.58. The maximum absolute atomic E-state index is 12.3. The van der Waals surface area contributed by atoms with Gasteiger partial charge in [-0.25, -0.2) is 9.78 Å². The number of ether oxygens (including phenoxy) is 1. The molecule has 0 aromatic carbocycles.